The first-order chi connectivity index (χ1) is 9.29. The first kappa shape index (κ1) is 13.1. The summed E-state index contributed by atoms with van der Waals surface area (Å²) in [7, 11) is 0. The van der Waals surface area contributed by atoms with Gasteiger partial charge in [0.25, 0.3) is 0 Å². The second-order valence-corrected chi connectivity index (χ2v) is 6.11. The number of nitrogens with zero attached hydrogens (tertiary/aromatic N) is 1. The highest BCUT2D eigenvalue weighted by Gasteiger charge is 2.32. The summed E-state index contributed by atoms with van der Waals surface area (Å²) in [6.45, 7) is 3.20. The van der Waals surface area contributed by atoms with Crippen LogP contribution in [0.3, 0.4) is 0 Å². The number of rotatable bonds is 2. The Balaban J connectivity index is 1.85. The third-order valence-electron chi connectivity index (χ3n) is 4.99. The third kappa shape index (κ3) is 2.55. The average Bonchev–Trinajstić information content (AvgIpc) is 2.47. The fourth-order valence-electron chi connectivity index (χ4n) is 3.88. The molecule has 0 amide bonds. The molecule has 0 radical (unpaired) electrons. The lowest BCUT2D eigenvalue weighted by atomic mass is 9.87. The van der Waals surface area contributed by atoms with Gasteiger partial charge in [-0.3, -0.25) is 4.90 Å². The fraction of sp³-hybridized carbons (Fsp3) is 0.647. The van der Waals surface area contributed by atoms with Gasteiger partial charge in [0.15, 0.2) is 0 Å². The van der Waals surface area contributed by atoms with Gasteiger partial charge in [0.1, 0.15) is 5.82 Å². The Kier molecular flexibility index (Phi) is 3.88. The average molecular weight is 261 g/mol. The molecule has 1 nitrogen and oxygen atoms in total. The first-order valence-corrected chi connectivity index (χ1v) is 7.81. The van der Waals surface area contributed by atoms with Crippen LogP contribution in [0.25, 0.3) is 0 Å². The smallest absolute Gasteiger partial charge is 0.126 e. The predicted molar refractivity (Wildman–Crippen MR) is 76.6 cm³/mol. The monoisotopic (exact) mass is 261 g/mol. The van der Waals surface area contributed by atoms with Crippen molar-refractivity contribution in [2.45, 2.75) is 70.5 Å². The first-order valence-electron chi connectivity index (χ1n) is 7.81. The predicted octanol–water partition coefficient (Wildman–Crippen LogP) is 4.30. The summed E-state index contributed by atoms with van der Waals surface area (Å²) in [6, 6.07) is 6.85. The second-order valence-electron chi connectivity index (χ2n) is 6.11. The van der Waals surface area contributed by atoms with E-state index in [1.807, 2.05) is 6.07 Å². The Morgan fingerprint density at radius 1 is 1.21 bits per heavy atom. The highest BCUT2D eigenvalue weighted by Crippen LogP contribution is 2.33. The zero-order chi connectivity index (χ0) is 13.2. The van der Waals surface area contributed by atoms with Crippen molar-refractivity contribution >= 4 is 0 Å². The molecule has 1 aliphatic heterocycles. The fourth-order valence-corrected chi connectivity index (χ4v) is 3.88. The maximum absolute atomic E-state index is 13.9. The highest BCUT2D eigenvalue weighted by molar-refractivity contribution is 5.31. The van der Waals surface area contributed by atoms with Gasteiger partial charge in [0.05, 0.1) is 0 Å². The number of hydrogen-bond donors (Lipinski definition) is 0. The molecule has 1 atom stereocenters. The largest absolute Gasteiger partial charge is 0.293 e. The van der Waals surface area contributed by atoms with Crippen LogP contribution in [0.1, 0.15) is 56.6 Å². The van der Waals surface area contributed by atoms with Crippen molar-refractivity contribution in [3.05, 3.63) is 35.1 Å². The lowest BCUT2D eigenvalue weighted by Crippen LogP contribution is -2.47. The molecule has 0 N–H and O–H groups in total. The molecule has 19 heavy (non-hydrogen) atoms. The summed E-state index contributed by atoms with van der Waals surface area (Å²) in [6.07, 6.45) is 8.83. The van der Waals surface area contributed by atoms with Crippen molar-refractivity contribution in [1.29, 1.82) is 0 Å². The normalized spacial score (nSPS) is 25.3. The van der Waals surface area contributed by atoms with Crippen LogP contribution in [0.15, 0.2) is 18.2 Å². The van der Waals surface area contributed by atoms with E-state index in [2.05, 4.69) is 17.9 Å². The van der Waals surface area contributed by atoms with E-state index in [1.54, 1.807) is 6.07 Å². The molecular weight excluding hydrogens is 237 g/mol. The maximum Gasteiger partial charge on any atom is 0.126 e. The van der Waals surface area contributed by atoms with E-state index >= 15 is 0 Å². The van der Waals surface area contributed by atoms with Crippen molar-refractivity contribution in [3.63, 3.8) is 0 Å². The molecule has 1 saturated carbocycles. The van der Waals surface area contributed by atoms with Gasteiger partial charge < -0.3 is 0 Å². The number of fused-ring (bicyclic) bond motifs is 1. The topological polar surface area (TPSA) is 3.24 Å². The quantitative estimate of drug-likeness (QED) is 0.767. The van der Waals surface area contributed by atoms with Gasteiger partial charge in [0, 0.05) is 18.6 Å². The molecule has 0 spiro atoms. The summed E-state index contributed by atoms with van der Waals surface area (Å²) in [5.74, 6) is -0.000700. The molecule has 104 valence electrons. The maximum atomic E-state index is 13.9. The van der Waals surface area contributed by atoms with Gasteiger partial charge in [-0.15, -0.1) is 0 Å². The van der Waals surface area contributed by atoms with E-state index in [0.717, 1.165) is 31.0 Å². The Hall–Kier alpha value is -0.890. The summed E-state index contributed by atoms with van der Waals surface area (Å²) in [4.78, 5) is 2.67. The van der Waals surface area contributed by atoms with Crippen LogP contribution in [-0.2, 0) is 13.0 Å². The minimum atomic E-state index is -0.000700. The van der Waals surface area contributed by atoms with E-state index in [-0.39, 0.29) is 5.82 Å². The number of benzene rings is 1. The van der Waals surface area contributed by atoms with Gasteiger partial charge in [-0.05, 0) is 42.9 Å². The van der Waals surface area contributed by atoms with Crippen molar-refractivity contribution in [2.75, 3.05) is 0 Å². The third-order valence-corrected chi connectivity index (χ3v) is 4.99. The molecule has 0 aromatic heterocycles. The number of halogens is 1. The zero-order valence-corrected chi connectivity index (χ0v) is 11.9. The Morgan fingerprint density at radius 2 is 2.00 bits per heavy atom. The van der Waals surface area contributed by atoms with Crippen LogP contribution in [-0.4, -0.2) is 17.0 Å². The Morgan fingerprint density at radius 3 is 2.74 bits per heavy atom. The van der Waals surface area contributed by atoms with Gasteiger partial charge in [-0.25, -0.2) is 4.39 Å². The lowest BCUT2D eigenvalue weighted by molar-refractivity contribution is 0.0816. The van der Waals surface area contributed by atoms with E-state index < -0.39 is 0 Å². The van der Waals surface area contributed by atoms with Gasteiger partial charge >= 0.3 is 0 Å². The minimum absolute atomic E-state index is 0.000700. The summed E-state index contributed by atoms with van der Waals surface area (Å²) >= 11 is 0. The van der Waals surface area contributed by atoms with E-state index in [9.17, 15) is 4.39 Å². The van der Waals surface area contributed by atoms with Crippen LogP contribution < -0.4 is 0 Å². The second kappa shape index (κ2) is 5.62. The molecule has 2 heteroatoms. The summed E-state index contributed by atoms with van der Waals surface area (Å²) < 4.78 is 13.9. The van der Waals surface area contributed by atoms with Gasteiger partial charge in [-0.2, -0.15) is 0 Å². The molecule has 1 aromatic rings. The van der Waals surface area contributed by atoms with Crippen LogP contribution in [0.4, 0.5) is 4.39 Å². The van der Waals surface area contributed by atoms with Crippen molar-refractivity contribution in [2.24, 2.45) is 0 Å². The van der Waals surface area contributed by atoms with Gasteiger partial charge in [0.2, 0.25) is 0 Å². The van der Waals surface area contributed by atoms with E-state index in [1.165, 1.54) is 37.7 Å². The Labute approximate surface area is 115 Å². The molecule has 0 bridgehead atoms. The summed E-state index contributed by atoms with van der Waals surface area (Å²) in [5.41, 5.74) is 2.19. The van der Waals surface area contributed by atoms with E-state index in [4.69, 9.17) is 0 Å². The molecule has 0 saturated heterocycles. The molecule has 1 heterocycles. The minimum Gasteiger partial charge on any atom is -0.293 e. The summed E-state index contributed by atoms with van der Waals surface area (Å²) in [5, 5.41) is 0. The van der Waals surface area contributed by atoms with Crippen molar-refractivity contribution < 1.29 is 4.39 Å². The van der Waals surface area contributed by atoms with Crippen LogP contribution in [0, 0.1) is 5.82 Å². The molecular formula is C17H24FN. The van der Waals surface area contributed by atoms with E-state index in [0.29, 0.717) is 6.04 Å². The highest BCUT2D eigenvalue weighted by atomic mass is 19.1. The molecule has 1 aromatic carbocycles. The molecule has 2 aliphatic rings. The van der Waals surface area contributed by atoms with Gasteiger partial charge in [-0.1, -0.05) is 38.3 Å². The SMILES string of the molecule is CC[C@@H]1Cc2c(F)cccc2CN1C1CCCCC1. The molecule has 1 fully saturated rings. The van der Waals surface area contributed by atoms with Crippen LogP contribution >= 0.6 is 0 Å². The zero-order valence-electron chi connectivity index (χ0n) is 11.9. The van der Waals surface area contributed by atoms with Crippen LogP contribution in [0.2, 0.25) is 0 Å². The molecule has 1 aliphatic carbocycles. The molecule has 0 unspecified atom stereocenters. The van der Waals surface area contributed by atoms with Crippen molar-refractivity contribution in [3.8, 4) is 0 Å². The lowest BCUT2D eigenvalue weighted by Gasteiger charge is -2.43. The Bertz CT molecular complexity index is 437. The molecule has 3 rings (SSSR count). The standard InChI is InChI=1S/C17H24FN/c1-2-14-11-16-13(7-6-10-17(16)18)12-19(14)15-8-4-3-5-9-15/h6-7,10,14-15H,2-5,8-9,11-12H2,1H3/t14-/m1/s1. The van der Waals surface area contributed by atoms with Crippen molar-refractivity contribution in [1.82, 2.24) is 4.90 Å². The van der Waals surface area contributed by atoms with Crippen LogP contribution in [0.5, 0.6) is 0 Å². The number of hydrogen-bond acceptors (Lipinski definition) is 1.